The molecule has 1 heterocycles. The summed E-state index contributed by atoms with van der Waals surface area (Å²) in [5.74, 6) is -0.906. The van der Waals surface area contributed by atoms with Crippen LogP contribution in [0.2, 0.25) is 0 Å². The number of rotatable bonds is 3. The summed E-state index contributed by atoms with van der Waals surface area (Å²) in [5.41, 5.74) is -5.47. The number of ether oxygens (including phenoxy) is 1. The smallest absolute Gasteiger partial charge is 0.454 e. The van der Waals surface area contributed by atoms with Crippen molar-refractivity contribution in [3.8, 4) is 5.75 Å². The van der Waals surface area contributed by atoms with Gasteiger partial charge in [0.1, 0.15) is 5.75 Å². The van der Waals surface area contributed by atoms with Gasteiger partial charge in [0, 0.05) is 13.1 Å². The minimum atomic E-state index is -5.76. The molecule has 22 heavy (non-hydrogen) atoms. The Morgan fingerprint density at radius 2 is 2.05 bits per heavy atom. The Labute approximate surface area is 123 Å². The van der Waals surface area contributed by atoms with Crippen molar-refractivity contribution in [2.75, 3.05) is 13.7 Å². The molecule has 11 heteroatoms. The van der Waals surface area contributed by atoms with Gasteiger partial charge in [-0.05, 0) is 12.1 Å². The van der Waals surface area contributed by atoms with Crippen LogP contribution in [0.1, 0.15) is 0 Å². The largest absolute Gasteiger partial charge is 0.534 e. The SMILES string of the molecule is CN1C(=O)COC1=Nc1cccc(OS(=O)(=O)C(F)(F)F)c1. The summed E-state index contributed by atoms with van der Waals surface area (Å²) in [6, 6.07) is 4.56. The number of hydrogen-bond donors (Lipinski definition) is 0. The van der Waals surface area contributed by atoms with Gasteiger partial charge in [-0.3, -0.25) is 9.69 Å². The number of nitrogens with zero attached hydrogens (tertiary/aromatic N) is 2. The predicted octanol–water partition coefficient (Wildman–Crippen LogP) is 1.39. The van der Waals surface area contributed by atoms with E-state index in [9.17, 15) is 26.4 Å². The topological polar surface area (TPSA) is 85.3 Å². The number of halogens is 3. The maximum absolute atomic E-state index is 12.2. The highest BCUT2D eigenvalue weighted by atomic mass is 32.2. The molecule has 0 atom stereocenters. The standard InChI is InChI=1S/C11H9F3N2O5S/c1-16-9(17)6-20-10(16)15-7-3-2-4-8(5-7)21-22(18,19)11(12,13)14/h2-5H,6H2,1H3. The van der Waals surface area contributed by atoms with Crippen molar-refractivity contribution in [1.29, 1.82) is 0 Å². The highest BCUT2D eigenvalue weighted by Gasteiger charge is 2.48. The van der Waals surface area contributed by atoms with Crippen LogP contribution in [0.15, 0.2) is 29.3 Å². The molecule has 1 fully saturated rings. The van der Waals surface area contributed by atoms with Crippen molar-refractivity contribution in [3.05, 3.63) is 24.3 Å². The van der Waals surface area contributed by atoms with Crippen LogP contribution in [0.4, 0.5) is 18.9 Å². The molecule has 1 aromatic carbocycles. The lowest BCUT2D eigenvalue weighted by molar-refractivity contribution is -0.124. The molecule has 1 aromatic rings. The quantitative estimate of drug-likeness (QED) is 0.614. The third kappa shape index (κ3) is 3.30. The maximum atomic E-state index is 12.2. The average Bonchev–Trinajstić information content (AvgIpc) is 2.69. The lowest BCUT2D eigenvalue weighted by Gasteiger charge is -2.10. The molecule has 0 aromatic heterocycles. The first-order valence-electron chi connectivity index (χ1n) is 5.69. The molecule has 0 spiro atoms. The average molecular weight is 338 g/mol. The zero-order chi connectivity index (χ0) is 16.5. The van der Waals surface area contributed by atoms with Gasteiger partial charge in [0.25, 0.3) is 11.9 Å². The van der Waals surface area contributed by atoms with Crippen molar-refractivity contribution >= 4 is 27.7 Å². The maximum Gasteiger partial charge on any atom is 0.534 e. The van der Waals surface area contributed by atoms with Gasteiger partial charge in [-0.25, -0.2) is 0 Å². The minimum Gasteiger partial charge on any atom is -0.454 e. The van der Waals surface area contributed by atoms with Gasteiger partial charge in [-0.2, -0.15) is 26.6 Å². The molecule has 0 aliphatic carbocycles. The van der Waals surface area contributed by atoms with Crippen LogP contribution in [0, 0.1) is 0 Å². The van der Waals surface area contributed by atoms with E-state index in [4.69, 9.17) is 4.74 Å². The van der Waals surface area contributed by atoms with E-state index in [-0.39, 0.29) is 24.2 Å². The fraction of sp³-hybridized carbons (Fsp3) is 0.273. The predicted molar refractivity (Wildman–Crippen MR) is 67.9 cm³/mol. The molecule has 0 bridgehead atoms. The molecule has 1 aliphatic rings. The van der Waals surface area contributed by atoms with Crippen LogP contribution in [0.25, 0.3) is 0 Å². The Hall–Kier alpha value is -2.30. The molecule has 1 amide bonds. The Morgan fingerprint density at radius 1 is 1.36 bits per heavy atom. The normalized spacial score (nSPS) is 17.7. The van der Waals surface area contributed by atoms with E-state index < -0.39 is 21.4 Å². The van der Waals surface area contributed by atoms with E-state index in [1.54, 1.807) is 0 Å². The lowest BCUT2D eigenvalue weighted by Crippen LogP contribution is -2.28. The minimum absolute atomic E-state index is 0.0548. The zero-order valence-electron chi connectivity index (χ0n) is 11.0. The van der Waals surface area contributed by atoms with Crippen molar-refractivity contribution in [2.24, 2.45) is 4.99 Å². The van der Waals surface area contributed by atoms with Crippen LogP contribution in [-0.4, -0.2) is 44.4 Å². The van der Waals surface area contributed by atoms with Gasteiger partial charge in [-0.1, -0.05) is 6.07 Å². The number of amidine groups is 1. The van der Waals surface area contributed by atoms with E-state index in [2.05, 4.69) is 9.18 Å². The number of carbonyl (C=O) groups excluding carboxylic acids is 1. The highest BCUT2D eigenvalue weighted by molar-refractivity contribution is 7.88. The fourth-order valence-electron chi connectivity index (χ4n) is 1.42. The van der Waals surface area contributed by atoms with Gasteiger partial charge < -0.3 is 8.92 Å². The monoisotopic (exact) mass is 338 g/mol. The second-order valence-electron chi connectivity index (χ2n) is 4.12. The summed E-state index contributed by atoms with van der Waals surface area (Å²) >= 11 is 0. The Bertz CT molecular complexity index is 729. The van der Waals surface area contributed by atoms with Crippen LogP contribution >= 0.6 is 0 Å². The number of aliphatic imine (C=N–C) groups is 1. The second kappa shape index (κ2) is 5.48. The highest BCUT2D eigenvalue weighted by Crippen LogP contribution is 2.29. The lowest BCUT2D eigenvalue weighted by atomic mass is 10.3. The first-order valence-corrected chi connectivity index (χ1v) is 7.10. The summed E-state index contributed by atoms with van der Waals surface area (Å²) in [5, 5.41) is 0. The Kier molecular flexibility index (Phi) is 4.00. The van der Waals surface area contributed by atoms with E-state index in [1.807, 2.05) is 0 Å². The van der Waals surface area contributed by atoms with Crippen molar-refractivity contribution in [3.63, 3.8) is 0 Å². The molecule has 120 valence electrons. The zero-order valence-corrected chi connectivity index (χ0v) is 11.8. The van der Waals surface area contributed by atoms with E-state index >= 15 is 0 Å². The molecule has 1 aliphatic heterocycles. The molecule has 0 N–H and O–H groups in total. The molecular weight excluding hydrogens is 329 g/mol. The second-order valence-corrected chi connectivity index (χ2v) is 5.65. The first kappa shape index (κ1) is 16.1. The third-order valence-electron chi connectivity index (χ3n) is 2.52. The first-order chi connectivity index (χ1) is 10.1. The molecule has 1 saturated heterocycles. The number of carbonyl (C=O) groups is 1. The summed E-state index contributed by atoms with van der Waals surface area (Å²) in [6.45, 7) is -0.200. The van der Waals surface area contributed by atoms with Gasteiger partial charge in [0.2, 0.25) is 0 Å². The molecule has 2 rings (SSSR count). The molecule has 0 unspecified atom stereocenters. The third-order valence-corrected chi connectivity index (χ3v) is 3.50. The van der Waals surface area contributed by atoms with Crippen LogP contribution in [-0.2, 0) is 19.6 Å². The number of benzene rings is 1. The number of amides is 1. The molecule has 7 nitrogen and oxygen atoms in total. The Morgan fingerprint density at radius 3 is 2.59 bits per heavy atom. The van der Waals surface area contributed by atoms with E-state index in [0.29, 0.717) is 0 Å². The van der Waals surface area contributed by atoms with E-state index in [1.165, 1.54) is 19.2 Å². The summed E-state index contributed by atoms with van der Waals surface area (Å²) < 4.78 is 67.5. The summed E-state index contributed by atoms with van der Waals surface area (Å²) in [7, 11) is -4.35. The Balaban J connectivity index is 2.25. The van der Waals surface area contributed by atoms with Crippen molar-refractivity contribution < 1.29 is 35.3 Å². The van der Waals surface area contributed by atoms with Crippen molar-refractivity contribution in [2.45, 2.75) is 5.51 Å². The molecule has 0 radical (unpaired) electrons. The van der Waals surface area contributed by atoms with Gasteiger partial charge in [-0.15, -0.1) is 0 Å². The van der Waals surface area contributed by atoms with Crippen LogP contribution in [0.3, 0.4) is 0 Å². The number of likely N-dealkylation sites (N-methyl/N-ethyl adjacent to an activating group) is 1. The van der Waals surface area contributed by atoms with Crippen LogP contribution in [0.5, 0.6) is 5.75 Å². The fourth-order valence-corrected chi connectivity index (χ4v) is 1.87. The van der Waals surface area contributed by atoms with Gasteiger partial charge in [0.15, 0.2) is 6.61 Å². The molecular formula is C11H9F3N2O5S. The van der Waals surface area contributed by atoms with Crippen LogP contribution < -0.4 is 4.18 Å². The summed E-state index contributed by atoms with van der Waals surface area (Å²) in [4.78, 5) is 16.2. The van der Waals surface area contributed by atoms with Crippen molar-refractivity contribution in [1.82, 2.24) is 4.90 Å². The van der Waals surface area contributed by atoms with Gasteiger partial charge in [0.05, 0.1) is 5.69 Å². The summed E-state index contributed by atoms with van der Waals surface area (Å²) in [6.07, 6.45) is 0. The number of alkyl halides is 3. The molecule has 0 saturated carbocycles. The van der Waals surface area contributed by atoms with Gasteiger partial charge >= 0.3 is 15.6 Å². The van der Waals surface area contributed by atoms with E-state index in [0.717, 1.165) is 17.0 Å². The number of hydrogen-bond acceptors (Lipinski definition) is 6.